The second kappa shape index (κ2) is 6.21. The average Bonchev–Trinajstić information content (AvgIpc) is 2.55. The molecule has 118 valence electrons. The van der Waals surface area contributed by atoms with Crippen LogP contribution in [0.2, 0.25) is 0 Å². The molecule has 1 unspecified atom stereocenters. The third kappa shape index (κ3) is 3.78. The molecule has 0 aliphatic carbocycles. The molecule has 1 aliphatic heterocycles. The molecule has 0 saturated carbocycles. The van der Waals surface area contributed by atoms with Crippen molar-refractivity contribution in [3.05, 3.63) is 0 Å². The first kappa shape index (κ1) is 17.1. The zero-order chi connectivity index (χ0) is 16.4. The third-order valence-electron chi connectivity index (χ3n) is 3.30. The molecule has 8 nitrogen and oxygen atoms in total. The van der Waals surface area contributed by atoms with E-state index in [1.807, 2.05) is 13.8 Å². The Bertz CT molecular complexity index is 477. The molecule has 0 spiro atoms. The highest BCUT2D eigenvalue weighted by Gasteiger charge is 2.43. The highest BCUT2D eigenvalue weighted by Crippen LogP contribution is 2.16. The summed E-state index contributed by atoms with van der Waals surface area (Å²) in [5.74, 6) is -2.12. The van der Waals surface area contributed by atoms with Crippen molar-refractivity contribution in [3.63, 3.8) is 0 Å². The number of nitrogens with one attached hydrogen (secondary N) is 1. The molecule has 1 saturated heterocycles. The zero-order valence-electron chi connectivity index (χ0n) is 12.8. The van der Waals surface area contributed by atoms with Crippen LogP contribution in [0.15, 0.2) is 0 Å². The van der Waals surface area contributed by atoms with E-state index in [1.54, 1.807) is 6.92 Å². The minimum absolute atomic E-state index is 0.234. The molecule has 1 aliphatic rings. The lowest BCUT2D eigenvalue weighted by Gasteiger charge is -2.31. The molecule has 1 fully saturated rings. The number of imide groups is 2. The summed E-state index contributed by atoms with van der Waals surface area (Å²) >= 11 is 0. The van der Waals surface area contributed by atoms with Gasteiger partial charge in [0.05, 0.1) is 0 Å². The van der Waals surface area contributed by atoms with Gasteiger partial charge in [-0.2, -0.15) is 0 Å². The van der Waals surface area contributed by atoms with E-state index in [9.17, 15) is 19.2 Å². The van der Waals surface area contributed by atoms with Crippen LogP contribution in [0, 0.1) is 5.92 Å². The molecule has 0 bridgehead atoms. The van der Waals surface area contributed by atoms with Gasteiger partial charge in [0.15, 0.2) is 0 Å². The Morgan fingerprint density at radius 1 is 1.29 bits per heavy atom. The van der Waals surface area contributed by atoms with E-state index in [4.69, 9.17) is 5.73 Å². The molecular weight excluding hydrogens is 276 g/mol. The molecule has 0 radical (unpaired) electrons. The van der Waals surface area contributed by atoms with E-state index < -0.39 is 35.8 Å². The molecule has 21 heavy (non-hydrogen) atoms. The quantitative estimate of drug-likeness (QED) is 0.496. The highest BCUT2D eigenvalue weighted by molar-refractivity contribution is 6.44. The molecule has 1 rings (SSSR count). The number of nitrogens with zero attached hydrogens (tertiary/aromatic N) is 2. The van der Waals surface area contributed by atoms with Crippen LogP contribution in [0.3, 0.4) is 0 Å². The lowest BCUT2D eigenvalue weighted by molar-refractivity contribution is -0.143. The van der Waals surface area contributed by atoms with E-state index >= 15 is 0 Å². The summed E-state index contributed by atoms with van der Waals surface area (Å²) in [7, 11) is 1.20. The van der Waals surface area contributed by atoms with E-state index in [2.05, 4.69) is 5.32 Å². The van der Waals surface area contributed by atoms with Crippen molar-refractivity contribution in [2.45, 2.75) is 32.7 Å². The topological polar surface area (TPSA) is 113 Å². The normalized spacial score (nSPS) is 18.5. The van der Waals surface area contributed by atoms with E-state index in [0.29, 0.717) is 22.1 Å². The van der Waals surface area contributed by atoms with Crippen LogP contribution in [0.25, 0.3) is 0 Å². The molecule has 5 amide bonds. The molecular formula is C13H22N4O4. The van der Waals surface area contributed by atoms with Gasteiger partial charge in [-0.15, -0.1) is 0 Å². The summed E-state index contributed by atoms with van der Waals surface area (Å²) in [6, 6.07) is -0.793. The van der Waals surface area contributed by atoms with Gasteiger partial charge in [0.1, 0.15) is 6.54 Å². The lowest BCUT2D eigenvalue weighted by Crippen LogP contribution is -2.55. The maximum Gasteiger partial charge on any atom is 0.334 e. The Balaban J connectivity index is 2.71. The van der Waals surface area contributed by atoms with Gasteiger partial charge >= 0.3 is 17.8 Å². The van der Waals surface area contributed by atoms with Crippen molar-refractivity contribution in [2.24, 2.45) is 11.7 Å². The number of rotatable bonds is 6. The molecule has 0 aromatic heterocycles. The monoisotopic (exact) mass is 298 g/mol. The van der Waals surface area contributed by atoms with Gasteiger partial charge in [-0.25, -0.2) is 9.69 Å². The first-order chi connectivity index (χ1) is 9.61. The largest absolute Gasteiger partial charge is 0.348 e. The van der Waals surface area contributed by atoms with Gasteiger partial charge in [-0.3, -0.25) is 19.3 Å². The number of urea groups is 1. The van der Waals surface area contributed by atoms with Crippen molar-refractivity contribution in [1.29, 1.82) is 0 Å². The van der Waals surface area contributed by atoms with Gasteiger partial charge < -0.3 is 11.1 Å². The van der Waals surface area contributed by atoms with Crippen LogP contribution in [0.5, 0.6) is 0 Å². The van der Waals surface area contributed by atoms with Crippen molar-refractivity contribution >= 4 is 23.8 Å². The van der Waals surface area contributed by atoms with Crippen LogP contribution in [0.1, 0.15) is 27.2 Å². The summed E-state index contributed by atoms with van der Waals surface area (Å²) in [4.78, 5) is 48.0. The van der Waals surface area contributed by atoms with Crippen molar-refractivity contribution in [1.82, 2.24) is 15.1 Å². The first-order valence-electron chi connectivity index (χ1n) is 6.76. The molecule has 1 atom stereocenters. The van der Waals surface area contributed by atoms with E-state index in [0.717, 1.165) is 0 Å². The standard InChI is InChI=1S/C13H22N4O4/c1-8(2)5-13(3,7-14)15-9(18)6-17-11(20)10(19)16(4)12(17)21/h8H,5-7,14H2,1-4H3,(H,15,18). The summed E-state index contributed by atoms with van der Waals surface area (Å²) < 4.78 is 0. The lowest BCUT2D eigenvalue weighted by atomic mass is 9.91. The average molecular weight is 298 g/mol. The summed E-state index contributed by atoms with van der Waals surface area (Å²) in [5.41, 5.74) is 5.07. The number of carbonyl (C=O) groups is 4. The van der Waals surface area contributed by atoms with Crippen LogP contribution in [0.4, 0.5) is 4.79 Å². The molecule has 1 heterocycles. The number of carbonyl (C=O) groups excluding carboxylic acids is 4. The smallest absolute Gasteiger partial charge is 0.334 e. The Hall–Kier alpha value is -1.96. The Morgan fingerprint density at radius 3 is 2.24 bits per heavy atom. The van der Waals surface area contributed by atoms with Gasteiger partial charge in [0.2, 0.25) is 5.91 Å². The van der Waals surface area contributed by atoms with Gasteiger partial charge in [0.25, 0.3) is 0 Å². The summed E-state index contributed by atoms with van der Waals surface area (Å²) in [6.45, 7) is 5.55. The van der Waals surface area contributed by atoms with Crippen molar-refractivity contribution in [3.8, 4) is 0 Å². The second-order valence-corrected chi connectivity index (χ2v) is 5.95. The minimum atomic E-state index is -0.990. The first-order valence-corrected chi connectivity index (χ1v) is 6.76. The Labute approximate surface area is 123 Å². The van der Waals surface area contributed by atoms with Crippen LogP contribution < -0.4 is 11.1 Å². The molecule has 8 heteroatoms. The summed E-state index contributed by atoms with van der Waals surface area (Å²) in [5, 5.41) is 2.73. The number of hydrogen-bond acceptors (Lipinski definition) is 5. The molecule has 3 N–H and O–H groups in total. The summed E-state index contributed by atoms with van der Waals surface area (Å²) in [6.07, 6.45) is 0.663. The van der Waals surface area contributed by atoms with E-state index in [-0.39, 0.29) is 6.54 Å². The fourth-order valence-electron chi connectivity index (χ4n) is 2.36. The number of nitrogens with two attached hydrogens (primary N) is 1. The maximum atomic E-state index is 12.0. The third-order valence-corrected chi connectivity index (χ3v) is 3.30. The van der Waals surface area contributed by atoms with Crippen LogP contribution in [-0.4, -0.2) is 59.2 Å². The van der Waals surface area contributed by atoms with E-state index in [1.165, 1.54) is 7.05 Å². The number of likely N-dealkylation sites (N-methyl/N-ethyl adjacent to an activating group) is 1. The SMILES string of the molecule is CC(C)CC(C)(CN)NC(=O)CN1C(=O)C(=O)N(C)C1=O. The molecule has 0 aromatic rings. The minimum Gasteiger partial charge on any atom is -0.348 e. The zero-order valence-corrected chi connectivity index (χ0v) is 12.8. The molecule has 0 aromatic carbocycles. The Morgan fingerprint density at radius 2 is 1.86 bits per heavy atom. The number of amides is 5. The van der Waals surface area contributed by atoms with Gasteiger partial charge in [-0.05, 0) is 19.3 Å². The number of hydrogen-bond donors (Lipinski definition) is 2. The predicted octanol–water partition coefficient (Wildman–Crippen LogP) is -0.713. The fourth-order valence-corrected chi connectivity index (χ4v) is 2.36. The fraction of sp³-hybridized carbons (Fsp3) is 0.692. The predicted molar refractivity (Wildman–Crippen MR) is 74.9 cm³/mol. The van der Waals surface area contributed by atoms with Crippen molar-refractivity contribution in [2.75, 3.05) is 20.1 Å². The van der Waals surface area contributed by atoms with Crippen LogP contribution in [-0.2, 0) is 14.4 Å². The highest BCUT2D eigenvalue weighted by atomic mass is 16.2. The van der Waals surface area contributed by atoms with Gasteiger partial charge in [0, 0.05) is 19.1 Å². The maximum absolute atomic E-state index is 12.0. The Kier molecular flexibility index (Phi) is 5.06. The van der Waals surface area contributed by atoms with Crippen molar-refractivity contribution < 1.29 is 19.2 Å². The van der Waals surface area contributed by atoms with Gasteiger partial charge in [-0.1, -0.05) is 13.8 Å². The van der Waals surface area contributed by atoms with Crippen LogP contribution >= 0.6 is 0 Å². The second-order valence-electron chi connectivity index (χ2n) is 5.95.